The van der Waals surface area contributed by atoms with Crippen molar-refractivity contribution in [2.75, 3.05) is 14.2 Å². The van der Waals surface area contributed by atoms with Crippen LogP contribution in [-0.2, 0) is 4.74 Å². The Balaban J connectivity index is 2.07. The van der Waals surface area contributed by atoms with Gasteiger partial charge in [-0.3, -0.25) is 4.79 Å². The van der Waals surface area contributed by atoms with Gasteiger partial charge in [-0.25, -0.2) is 0 Å². The maximum Gasteiger partial charge on any atom is 0.255 e. The molecule has 0 aliphatic heterocycles. The molecule has 0 aromatic heterocycles. The minimum absolute atomic E-state index is 0.152. The van der Waals surface area contributed by atoms with E-state index in [-0.39, 0.29) is 23.5 Å². The molecular weight excluding hydrogens is 274 g/mol. The quantitative estimate of drug-likeness (QED) is 0.773. The molecule has 1 aliphatic rings. The minimum Gasteiger partial charge on any atom is -0.507 e. The van der Waals surface area contributed by atoms with Crippen LogP contribution < -0.4 is 10.1 Å². The largest absolute Gasteiger partial charge is 0.507 e. The van der Waals surface area contributed by atoms with Crippen LogP contribution in [0.15, 0.2) is 18.2 Å². The maximum absolute atomic E-state index is 12.2. The summed E-state index contributed by atoms with van der Waals surface area (Å²) >= 11 is 0. The number of methoxy groups -OCH3 is 2. The highest BCUT2D eigenvalue weighted by atomic mass is 16.5. The van der Waals surface area contributed by atoms with Crippen LogP contribution in [0.4, 0.5) is 0 Å². The van der Waals surface area contributed by atoms with Crippen molar-refractivity contribution in [2.24, 2.45) is 0 Å². The first-order valence-corrected chi connectivity index (χ1v) is 6.95. The summed E-state index contributed by atoms with van der Waals surface area (Å²) in [7, 11) is 3.03. The van der Waals surface area contributed by atoms with Gasteiger partial charge in [0.2, 0.25) is 0 Å². The lowest BCUT2D eigenvalue weighted by molar-refractivity contribution is -0.0513. The molecular formula is C15H21NO5. The molecule has 1 aromatic carbocycles. The number of phenolic OH excluding ortho intramolecular Hbond substituents is 1. The van der Waals surface area contributed by atoms with Crippen molar-refractivity contribution in [3.63, 3.8) is 0 Å². The Morgan fingerprint density at radius 3 is 2.71 bits per heavy atom. The predicted molar refractivity (Wildman–Crippen MR) is 76.6 cm³/mol. The molecule has 1 fully saturated rings. The molecule has 0 unspecified atom stereocenters. The Hall–Kier alpha value is -1.79. The number of carbonyl (C=O) groups excluding carboxylic acids is 1. The highest BCUT2D eigenvalue weighted by molar-refractivity contribution is 5.97. The fraction of sp³-hybridized carbons (Fsp3) is 0.533. The molecule has 3 N–H and O–H groups in total. The van der Waals surface area contributed by atoms with Crippen LogP contribution in [0.1, 0.15) is 29.6 Å². The summed E-state index contributed by atoms with van der Waals surface area (Å²) in [6.07, 6.45) is 1.32. The molecule has 116 valence electrons. The number of aliphatic hydroxyl groups excluding tert-OH is 1. The molecule has 1 aromatic rings. The van der Waals surface area contributed by atoms with Crippen LogP contribution in [0, 0.1) is 0 Å². The van der Waals surface area contributed by atoms with E-state index in [0.717, 1.165) is 12.8 Å². The zero-order chi connectivity index (χ0) is 15.4. The Labute approximate surface area is 123 Å². The van der Waals surface area contributed by atoms with E-state index in [4.69, 9.17) is 9.47 Å². The van der Waals surface area contributed by atoms with Crippen molar-refractivity contribution in [2.45, 2.75) is 37.5 Å². The van der Waals surface area contributed by atoms with Gasteiger partial charge < -0.3 is 25.0 Å². The van der Waals surface area contributed by atoms with Crippen LogP contribution in [0.25, 0.3) is 0 Å². The van der Waals surface area contributed by atoms with Gasteiger partial charge in [0.15, 0.2) is 0 Å². The molecule has 6 heteroatoms. The molecule has 0 bridgehead atoms. The predicted octanol–water partition coefficient (Wildman–Crippen LogP) is 1.06. The van der Waals surface area contributed by atoms with Crippen LogP contribution in [-0.4, -0.2) is 48.6 Å². The summed E-state index contributed by atoms with van der Waals surface area (Å²) in [5, 5.41) is 22.8. The molecule has 1 amide bonds. The second-order valence-corrected chi connectivity index (χ2v) is 5.16. The van der Waals surface area contributed by atoms with E-state index in [9.17, 15) is 15.0 Å². The highest BCUT2D eigenvalue weighted by Gasteiger charge is 2.33. The van der Waals surface area contributed by atoms with E-state index >= 15 is 0 Å². The first kappa shape index (κ1) is 15.6. The Morgan fingerprint density at radius 2 is 2.10 bits per heavy atom. The molecule has 0 spiro atoms. The number of aliphatic hydroxyl groups is 1. The van der Waals surface area contributed by atoms with Gasteiger partial charge in [0.1, 0.15) is 17.6 Å². The highest BCUT2D eigenvalue weighted by Crippen LogP contribution is 2.25. The normalized spacial score (nSPS) is 25.4. The Bertz CT molecular complexity index is 505. The number of rotatable bonds is 4. The summed E-state index contributed by atoms with van der Waals surface area (Å²) in [4.78, 5) is 12.2. The number of nitrogens with one attached hydrogen (secondary N) is 1. The molecule has 2 rings (SSSR count). The van der Waals surface area contributed by atoms with Gasteiger partial charge in [0.25, 0.3) is 5.91 Å². The van der Waals surface area contributed by atoms with Crippen molar-refractivity contribution in [3.05, 3.63) is 23.8 Å². The van der Waals surface area contributed by atoms with Crippen LogP contribution in [0.2, 0.25) is 0 Å². The van der Waals surface area contributed by atoms with Crippen LogP contribution in [0.5, 0.6) is 11.5 Å². The molecule has 1 saturated carbocycles. The standard InChI is InChI=1S/C15H21NO5/c1-20-9-6-7-10(12(17)8-9)15(19)16-11-4-3-5-13(21-2)14(11)18/h6-8,11,13-14,17-18H,3-5H2,1-2H3,(H,16,19)/t11-,13-,14-/m1/s1. The van der Waals surface area contributed by atoms with Gasteiger partial charge in [-0.2, -0.15) is 0 Å². The summed E-state index contributed by atoms with van der Waals surface area (Å²) in [6.45, 7) is 0. The Kier molecular flexibility index (Phi) is 5.03. The van der Waals surface area contributed by atoms with Crippen LogP contribution in [0.3, 0.4) is 0 Å². The topological polar surface area (TPSA) is 88.0 Å². The average Bonchev–Trinajstić information content (AvgIpc) is 2.49. The van der Waals surface area contributed by atoms with Crippen molar-refractivity contribution in [1.29, 1.82) is 0 Å². The zero-order valence-electron chi connectivity index (χ0n) is 12.2. The second kappa shape index (κ2) is 6.78. The van der Waals surface area contributed by atoms with E-state index in [1.165, 1.54) is 19.2 Å². The first-order valence-electron chi connectivity index (χ1n) is 6.95. The minimum atomic E-state index is -0.743. The van der Waals surface area contributed by atoms with Crippen LogP contribution >= 0.6 is 0 Å². The first-order chi connectivity index (χ1) is 10.1. The number of hydrogen-bond acceptors (Lipinski definition) is 5. The van der Waals surface area contributed by atoms with Gasteiger partial charge in [-0.05, 0) is 31.4 Å². The molecule has 0 saturated heterocycles. The lowest BCUT2D eigenvalue weighted by Gasteiger charge is -2.34. The zero-order valence-corrected chi connectivity index (χ0v) is 12.2. The van der Waals surface area contributed by atoms with Gasteiger partial charge in [0.05, 0.1) is 24.8 Å². The Morgan fingerprint density at radius 1 is 1.33 bits per heavy atom. The number of amides is 1. The van der Waals surface area contributed by atoms with Crippen molar-refractivity contribution in [1.82, 2.24) is 5.32 Å². The monoisotopic (exact) mass is 295 g/mol. The van der Waals surface area contributed by atoms with Gasteiger partial charge in [0, 0.05) is 13.2 Å². The van der Waals surface area contributed by atoms with E-state index in [2.05, 4.69) is 5.32 Å². The molecule has 1 aliphatic carbocycles. The third kappa shape index (κ3) is 3.46. The lowest BCUT2D eigenvalue weighted by Crippen LogP contribution is -2.51. The number of ether oxygens (including phenoxy) is 2. The molecule has 6 nitrogen and oxygen atoms in total. The van der Waals surface area contributed by atoms with Crippen molar-refractivity contribution < 1.29 is 24.5 Å². The summed E-state index contributed by atoms with van der Waals surface area (Å²) in [5.74, 6) is -0.0994. The molecule has 0 heterocycles. The maximum atomic E-state index is 12.2. The number of aromatic hydroxyl groups is 1. The summed E-state index contributed by atoms with van der Waals surface area (Å²) in [5.41, 5.74) is 0.155. The number of hydrogen-bond donors (Lipinski definition) is 3. The van der Waals surface area contributed by atoms with E-state index in [1.54, 1.807) is 13.2 Å². The third-order valence-corrected chi connectivity index (χ3v) is 3.87. The van der Waals surface area contributed by atoms with E-state index in [0.29, 0.717) is 12.2 Å². The SMILES string of the molecule is COc1ccc(C(=O)N[C@@H]2CCC[C@@H](OC)[C@@H]2O)c(O)c1. The second-order valence-electron chi connectivity index (χ2n) is 5.16. The molecule has 0 radical (unpaired) electrons. The number of phenols is 1. The summed E-state index contributed by atoms with van der Waals surface area (Å²) in [6, 6.07) is 4.10. The number of benzene rings is 1. The van der Waals surface area contributed by atoms with E-state index < -0.39 is 12.0 Å². The van der Waals surface area contributed by atoms with Gasteiger partial charge in [-0.15, -0.1) is 0 Å². The molecule has 3 atom stereocenters. The molecule has 21 heavy (non-hydrogen) atoms. The van der Waals surface area contributed by atoms with Crippen molar-refractivity contribution in [3.8, 4) is 11.5 Å². The van der Waals surface area contributed by atoms with Crippen molar-refractivity contribution >= 4 is 5.91 Å². The fourth-order valence-corrected chi connectivity index (χ4v) is 2.63. The fourth-order valence-electron chi connectivity index (χ4n) is 2.63. The van der Waals surface area contributed by atoms with E-state index in [1.807, 2.05) is 0 Å². The van der Waals surface area contributed by atoms with Gasteiger partial charge >= 0.3 is 0 Å². The number of carbonyl (C=O) groups is 1. The van der Waals surface area contributed by atoms with Gasteiger partial charge in [-0.1, -0.05) is 0 Å². The lowest BCUT2D eigenvalue weighted by atomic mass is 9.89. The summed E-state index contributed by atoms with van der Waals surface area (Å²) < 4.78 is 10.2. The average molecular weight is 295 g/mol. The smallest absolute Gasteiger partial charge is 0.255 e. The third-order valence-electron chi connectivity index (χ3n) is 3.87.